The maximum Gasteiger partial charge on any atom is 0.472 e. The summed E-state index contributed by atoms with van der Waals surface area (Å²) >= 11 is 0. The molecule has 504 valence electrons. The van der Waals surface area contributed by atoms with E-state index in [0.717, 1.165) is 135 Å². The van der Waals surface area contributed by atoms with E-state index in [-0.39, 0.29) is 32.6 Å². The minimum atomic E-state index is -4.41. The van der Waals surface area contributed by atoms with Crippen LogP contribution in [0, 0.1) is 0 Å². The quantitative estimate of drug-likeness (QED) is 0.0264. The van der Waals surface area contributed by atoms with Gasteiger partial charge in [-0.15, -0.1) is 0 Å². The summed E-state index contributed by atoms with van der Waals surface area (Å²) in [7, 11) is -4.41. The zero-order valence-electron chi connectivity index (χ0n) is 56.6. The topological polar surface area (TPSA) is 134 Å². The molecule has 0 fully saturated rings. The van der Waals surface area contributed by atoms with Gasteiger partial charge in [-0.1, -0.05) is 306 Å². The smallest absolute Gasteiger partial charge is 0.462 e. The standard InChI is InChI=1S/C79H130NO8P/c1-3-5-7-9-11-13-15-17-19-21-23-25-27-29-31-33-34-35-36-37-38-39-40-41-42-44-46-48-50-52-54-56-58-60-62-64-66-68-70-72-79(82)88-77(76-87-89(83,84)86-74-73-80)75-85-78(81)71-69-67-65-63-61-59-57-55-53-51-49-47-45-43-32-30-28-26-24-22-20-18-16-14-12-10-8-6-4-2/h5,7,11,13,16-19,22-25,28-31,34-35,37-38,40-41,44,46,50,52,56,58,77H,3-4,6,8-10,12,14-15,20-21,26-27,32-33,36,39,42-43,45,47-49,51,53-55,57,59-76,80H2,1-2H3,(H,83,84)/b7-5-,13-11-,18-16-,19-17-,24-22-,25-23-,30-28-,31-29-,35-34-,38-37-,41-40-,46-44-,52-50-,58-56-. The minimum Gasteiger partial charge on any atom is -0.462 e. The van der Waals surface area contributed by atoms with Gasteiger partial charge >= 0.3 is 19.8 Å². The number of nitrogens with two attached hydrogens (primary N) is 1. The lowest BCUT2D eigenvalue weighted by molar-refractivity contribution is -0.161. The first-order chi connectivity index (χ1) is 43.8. The van der Waals surface area contributed by atoms with E-state index in [9.17, 15) is 19.0 Å². The summed E-state index contributed by atoms with van der Waals surface area (Å²) in [5, 5.41) is 0. The van der Waals surface area contributed by atoms with E-state index in [4.69, 9.17) is 24.3 Å². The number of carbonyl (C=O) groups excluding carboxylic acids is 2. The molecule has 0 saturated heterocycles. The number of unbranched alkanes of at least 4 members (excludes halogenated alkanes) is 24. The second kappa shape index (κ2) is 72.4. The molecule has 2 unspecified atom stereocenters. The predicted octanol–water partition coefficient (Wildman–Crippen LogP) is 23.7. The summed E-state index contributed by atoms with van der Waals surface area (Å²) < 4.78 is 33.2. The van der Waals surface area contributed by atoms with E-state index in [2.05, 4.69) is 184 Å². The zero-order chi connectivity index (χ0) is 64.4. The third-order valence-corrected chi connectivity index (χ3v) is 15.6. The number of rotatable bonds is 65. The summed E-state index contributed by atoms with van der Waals surface area (Å²) in [5.41, 5.74) is 5.40. The van der Waals surface area contributed by atoms with Crippen LogP contribution in [0.15, 0.2) is 170 Å². The summed E-state index contributed by atoms with van der Waals surface area (Å²) in [6, 6.07) is 0. The Labute approximate surface area is 546 Å². The Morgan fingerprint density at radius 3 is 0.921 bits per heavy atom. The van der Waals surface area contributed by atoms with Gasteiger partial charge in [-0.2, -0.15) is 0 Å². The van der Waals surface area contributed by atoms with Crippen LogP contribution in [0.4, 0.5) is 0 Å². The fourth-order valence-electron chi connectivity index (χ4n) is 9.35. The van der Waals surface area contributed by atoms with Crippen LogP contribution in [0.1, 0.15) is 284 Å². The predicted molar refractivity (Wildman–Crippen MR) is 385 cm³/mol. The number of hydrogen-bond acceptors (Lipinski definition) is 8. The number of phosphoric ester groups is 1. The fraction of sp³-hybridized carbons (Fsp3) is 0.620. The summed E-state index contributed by atoms with van der Waals surface area (Å²) in [6.45, 7) is 3.59. The molecule has 0 aromatic carbocycles. The van der Waals surface area contributed by atoms with E-state index < -0.39 is 32.5 Å². The van der Waals surface area contributed by atoms with Crippen LogP contribution in [-0.4, -0.2) is 49.3 Å². The van der Waals surface area contributed by atoms with Crippen LogP contribution in [0.25, 0.3) is 0 Å². The molecule has 0 aliphatic heterocycles. The normalized spacial score (nSPS) is 14.0. The van der Waals surface area contributed by atoms with Gasteiger partial charge in [0.1, 0.15) is 6.61 Å². The molecule has 0 aromatic rings. The maximum atomic E-state index is 12.8. The molecule has 0 bridgehead atoms. The molecule has 0 saturated carbocycles. The number of ether oxygens (including phenoxy) is 2. The van der Waals surface area contributed by atoms with Crippen molar-refractivity contribution in [3.05, 3.63) is 170 Å². The minimum absolute atomic E-state index is 0.0417. The van der Waals surface area contributed by atoms with Crippen LogP contribution in [-0.2, 0) is 32.7 Å². The van der Waals surface area contributed by atoms with Gasteiger partial charge in [-0.3, -0.25) is 18.6 Å². The van der Waals surface area contributed by atoms with Crippen LogP contribution >= 0.6 is 7.82 Å². The van der Waals surface area contributed by atoms with Crippen LogP contribution in [0.2, 0.25) is 0 Å². The van der Waals surface area contributed by atoms with Crippen molar-refractivity contribution in [3.63, 3.8) is 0 Å². The molecule has 0 amide bonds. The molecule has 2 atom stereocenters. The van der Waals surface area contributed by atoms with Gasteiger partial charge in [0.25, 0.3) is 0 Å². The van der Waals surface area contributed by atoms with E-state index in [0.29, 0.717) is 6.42 Å². The van der Waals surface area contributed by atoms with Crippen molar-refractivity contribution >= 4 is 19.8 Å². The van der Waals surface area contributed by atoms with Crippen molar-refractivity contribution in [2.75, 3.05) is 26.4 Å². The van der Waals surface area contributed by atoms with Crippen LogP contribution in [0.5, 0.6) is 0 Å². The molecule has 89 heavy (non-hydrogen) atoms. The van der Waals surface area contributed by atoms with Gasteiger partial charge in [0.05, 0.1) is 13.2 Å². The number of esters is 2. The molecule has 0 aromatic heterocycles. The summed E-state index contributed by atoms with van der Waals surface area (Å²) in [5.74, 6) is -0.857. The molecule has 3 N–H and O–H groups in total. The first-order valence-corrected chi connectivity index (χ1v) is 37.1. The first kappa shape index (κ1) is 84.4. The average Bonchev–Trinajstić information content (AvgIpc) is 3.68. The van der Waals surface area contributed by atoms with Gasteiger partial charge in [0.2, 0.25) is 0 Å². The van der Waals surface area contributed by atoms with Crippen molar-refractivity contribution in [3.8, 4) is 0 Å². The SMILES string of the molecule is CC/C=C\C/C=C\C/C=C\C/C=C\C/C=C\C/C=C\C/C=C\C/C=C\C/C=C\C/C=C\C/C=C\CCCCCCCC(=O)OC(COC(=O)CCCCCCCCCCCCCCCC/C=C\C/C=C\C/C=C\CCCCCCC)COP(=O)(O)OCCN. The number of carbonyl (C=O) groups is 2. The maximum absolute atomic E-state index is 12.8. The Kier molecular flexibility index (Phi) is 68.7. The Morgan fingerprint density at radius 1 is 0.348 bits per heavy atom. The molecule has 0 heterocycles. The third kappa shape index (κ3) is 72.3. The van der Waals surface area contributed by atoms with Gasteiger partial charge in [-0.05, 0) is 135 Å². The highest BCUT2D eigenvalue weighted by molar-refractivity contribution is 7.47. The molecule has 10 heteroatoms. The highest BCUT2D eigenvalue weighted by Crippen LogP contribution is 2.43. The van der Waals surface area contributed by atoms with Crippen molar-refractivity contribution in [2.45, 2.75) is 290 Å². The Bertz CT molecular complexity index is 2070. The number of allylic oxidation sites excluding steroid dienone is 28. The van der Waals surface area contributed by atoms with Crippen molar-refractivity contribution in [1.29, 1.82) is 0 Å². The van der Waals surface area contributed by atoms with Gasteiger partial charge < -0.3 is 20.1 Å². The highest BCUT2D eigenvalue weighted by Gasteiger charge is 2.26. The van der Waals surface area contributed by atoms with Crippen molar-refractivity contribution in [1.82, 2.24) is 0 Å². The van der Waals surface area contributed by atoms with Gasteiger partial charge in [0, 0.05) is 19.4 Å². The molecule has 9 nitrogen and oxygen atoms in total. The lowest BCUT2D eigenvalue weighted by Crippen LogP contribution is -2.29. The van der Waals surface area contributed by atoms with Crippen LogP contribution < -0.4 is 5.73 Å². The molecule has 0 aliphatic carbocycles. The second-order valence-electron chi connectivity index (χ2n) is 23.0. The van der Waals surface area contributed by atoms with Gasteiger partial charge in [-0.25, -0.2) is 4.57 Å². The van der Waals surface area contributed by atoms with E-state index in [1.807, 2.05) is 0 Å². The molecule has 0 rings (SSSR count). The van der Waals surface area contributed by atoms with E-state index in [1.54, 1.807) is 0 Å². The molecule has 0 radical (unpaired) electrons. The molecular formula is C79H130NO8P. The Hall–Kier alpha value is -4.63. The number of hydrogen-bond donors (Lipinski definition) is 2. The third-order valence-electron chi connectivity index (χ3n) is 14.6. The zero-order valence-corrected chi connectivity index (χ0v) is 57.5. The van der Waals surface area contributed by atoms with Gasteiger partial charge in [0.15, 0.2) is 6.10 Å². The largest absolute Gasteiger partial charge is 0.472 e. The summed E-state index contributed by atoms with van der Waals surface area (Å²) in [6.07, 6.45) is 107. The van der Waals surface area contributed by atoms with E-state index >= 15 is 0 Å². The highest BCUT2D eigenvalue weighted by atomic mass is 31.2. The van der Waals surface area contributed by atoms with Crippen molar-refractivity contribution in [2.24, 2.45) is 5.73 Å². The molecule has 0 aliphatic rings. The molecule has 0 spiro atoms. The fourth-order valence-corrected chi connectivity index (χ4v) is 10.1. The number of phosphoric acid groups is 1. The van der Waals surface area contributed by atoms with Crippen LogP contribution in [0.3, 0.4) is 0 Å². The molecular weight excluding hydrogens is 1120 g/mol. The monoisotopic (exact) mass is 1250 g/mol. The Morgan fingerprint density at radius 2 is 0.618 bits per heavy atom. The lowest BCUT2D eigenvalue weighted by Gasteiger charge is -2.19. The van der Waals surface area contributed by atoms with E-state index in [1.165, 1.54) is 116 Å². The first-order valence-electron chi connectivity index (χ1n) is 35.6. The lowest BCUT2D eigenvalue weighted by atomic mass is 10.0. The van der Waals surface area contributed by atoms with Crippen molar-refractivity contribution < 1.29 is 37.6 Å². The average molecular weight is 1250 g/mol. The second-order valence-corrected chi connectivity index (χ2v) is 24.5. The Balaban J connectivity index is 4.01. The summed E-state index contributed by atoms with van der Waals surface area (Å²) in [4.78, 5) is 35.4.